The minimum Gasteiger partial charge on any atom is -0.465 e. The third-order valence-corrected chi connectivity index (χ3v) is 6.49. The molecule has 0 N–H and O–H groups in total. The van der Waals surface area contributed by atoms with E-state index in [9.17, 15) is 13.2 Å². The maximum Gasteiger partial charge on any atom is 0.338 e. The van der Waals surface area contributed by atoms with Gasteiger partial charge in [0, 0.05) is 20.1 Å². The van der Waals surface area contributed by atoms with Crippen LogP contribution in [0.3, 0.4) is 0 Å². The van der Waals surface area contributed by atoms with Gasteiger partial charge >= 0.3 is 5.97 Å². The van der Waals surface area contributed by atoms with E-state index < -0.39 is 16.0 Å². The smallest absolute Gasteiger partial charge is 0.338 e. The molecular weight excluding hydrogens is 390 g/mol. The van der Waals surface area contributed by atoms with Gasteiger partial charge in [0.1, 0.15) is 11.6 Å². The Bertz CT molecular complexity index is 979. The molecule has 156 valence electrons. The van der Waals surface area contributed by atoms with Gasteiger partial charge in [0.2, 0.25) is 10.0 Å². The topological polar surface area (TPSA) is 79.8 Å². The van der Waals surface area contributed by atoms with Gasteiger partial charge in [-0.25, -0.2) is 18.2 Å². The van der Waals surface area contributed by atoms with Crippen LogP contribution in [-0.4, -0.2) is 46.3 Å². The number of sulfonamides is 1. The molecule has 7 nitrogen and oxygen atoms in total. The number of anilines is 2. The number of pyridine rings is 1. The summed E-state index contributed by atoms with van der Waals surface area (Å²) in [6.45, 7) is 3.62. The molecule has 1 saturated carbocycles. The van der Waals surface area contributed by atoms with Crippen molar-refractivity contribution < 1.29 is 17.9 Å². The van der Waals surface area contributed by atoms with Gasteiger partial charge in [0.15, 0.2) is 0 Å². The highest BCUT2D eigenvalue weighted by atomic mass is 32.2. The first-order valence-corrected chi connectivity index (χ1v) is 11.4. The van der Waals surface area contributed by atoms with E-state index in [2.05, 4.69) is 16.8 Å². The predicted octanol–water partition coefficient (Wildman–Crippen LogP) is 2.93. The third-order valence-electron chi connectivity index (χ3n) is 5.31. The Hall–Kier alpha value is -2.61. The van der Waals surface area contributed by atoms with Gasteiger partial charge in [-0.3, -0.25) is 4.31 Å². The van der Waals surface area contributed by atoms with E-state index in [1.54, 1.807) is 6.07 Å². The van der Waals surface area contributed by atoms with Crippen LogP contribution in [0, 0.1) is 11.8 Å². The van der Waals surface area contributed by atoms with Gasteiger partial charge in [-0.05, 0) is 36.0 Å². The standard InChI is InChI=1S/C21H27N3O4S/c1-15-10-18(15)14-24(13-16-8-6-5-7-9-16)20-12-17(21(25)28-3)11-19(22-20)23(2)29(4,26)27/h5-9,11-12,15,18H,10,13-14H2,1-4H3/t15-,18+/m1/s1. The Morgan fingerprint density at radius 3 is 2.38 bits per heavy atom. The molecule has 0 radical (unpaired) electrons. The predicted molar refractivity (Wildman–Crippen MR) is 114 cm³/mol. The summed E-state index contributed by atoms with van der Waals surface area (Å²) < 4.78 is 30.0. The second-order valence-electron chi connectivity index (χ2n) is 7.63. The van der Waals surface area contributed by atoms with Crippen LogP contribution in [-0.2, 0) is 21.3 Å². The Labute approximate surface area is 172 Å². The molecule has 0 bridgehead atoms. The Morgan fingerprint density at radius 1 is 1.21 bits per heavy atom. The SMILES string of the molecule is COC(=O)c1cc(N(Cc2ccccc2)C[C@@H]2C[C@H]2C)nc(N(C)S(C)(=O)=O)c1. The van der Waals surface area contributed by atoms with E-state index in [-0.39, 0.29) is 11.4 Å². The number of carbonyl (C=O) groups excluding carboxylic acids is 1. The maximum absolute atomic E-state index is 12.2. The van der Waals surface area contributed by atoms with Crippen molar-refractivity contribution in [3.05, 3.63) is 53.6 Å². The molecule has 1 heterocycles. The van der Waals surface area contributed by atoms with Gasteiger partial charge in [-0.2, -0.15) is 0 Å². The first-order valence-electron chi connectivity index (χ1n) is 9.52. The lowest BCUT2D eigenvalue weighted by atomic mass is 10.2. The van der Waals surface area contributed by atoms with E-state index in [0.29, 0.717) is 24.2 Å². The molecule has 1 fully saturated rings. The van der Waals surface area contributed by atoms with Gasteiger partial charge in [0.25, 0.3) is 0 Å². The molecule has 0 unspecified atom stereocenters. The highest BCUT2D eigenvalue weighted by Crippen LogP contribution is 2.39. The van der Waals surface area contributed by atoms with Crippen molar-refractivity contribution in [3.8, 4) is 0 Å². The minimum absolute atomic E-state index is 0.187. The highest BCUT2D eigenvalue weighted by Gasteiger charge is 2.34. The van der Waals surface area contributed by atoms with Gasteiger partial charge < -0.3 is 9.64 Å². The molecule has 2 aromatic rings. The van der Waals surface area contributed by atoms with Gasteiger partial charge in [-0.15, -0.1) is 0 Å². The molecule has 0 aliphatic heterocycles. The number of rotatable bonds is 8. The fourth-order valence-electron chi connectivity index (χ4n) is 3.21. The summed E-state index contributed by atoms with van der Waals surface area (Å²) in [5.41, 5.74) is 1.38. The average Bonchev–Trinajstić information content (AvgIpc) is 3.40. The van der Waals surface area contributed by atoms with Gasteiger partial charge in [-0.1, -0.05) is 37.3 Å². The number of hydrogen-bond acceptors (Lipinski definition) is 6. The molecule has 1 aliphatic rings. The van der Waals surface area contributed by atoms with E-state index in [0.717, 1.165) is 29.1 Å². The van der Waals surface area contributed by atoms with Crippen LogP contribution >= 0.6 is 0 Å². The third kappa shape index (κ3) is 5.26. The average molecular weight is 418 g/mol. The van der Waals surface area contributed by atoms with Crippen LogP contribution in [0.15, 0.2) is 42.5 Å². The lowest BCUT2D eigenvalue weighted by molar-refractivity contribution is 0.0600. The van der Waals surface area contributed by atoms with Crippen LogP contribution in [0.25, 0.3) is 0 Å². The van der Waals surface area contributed by atoms with Crippen LogP contribution in [0.5, 0.6) is 0 Å². The summed E-state index contributed by atoms with van der Waals surface area (Å²) in [4.78, 5) is 18.9. The van der Waals surface area contributed by atoms with Gasteiger partial charge in [0.05, 0.1) is 18.9 Å². The summed E-state index contributed by atoms with van der Waals surface area (Å²) in [6.07, 6.45) is 2.25. The number of hydrogen-bond donors (Lipinski definition) is 0. The lowest BCUT2D eigenvalue weighted by Gasteiger charge is -2.26. The second-order valence-corrected chi connectivity index (χ2v) is 9.65. The molecule has 2 atom stereocenters. The number of esters is 1. The molecular formula is C21H27N3O4S. The lowest BCUT2D eigenvalue weighted by Crippen LogP contribution is -2.30. The molecule has 0 amide bonds. The highest BCUT2D eigenvalue weighted by molar-refractivity contribution is 7.92. The fourth-order valence-corrected chi connectivity index (χ4v) is 3.64. The van der Waals surface area contributed by atoms with Crippen molar-refractivity contribution in [2.75, 3.05) is 36.2 Å². The Morgan fingerprint density at radius 2 is 1.83 bits per heavy atom. The zero-order valence-corrected chi connectivity index (χ0v) is 18.0. The molecule has 1 aromatic heterocycles. The zero-order valence-electron chi connectivity index (χ0n) is 17.2. The van der Waals surface area contributed by atoms with Crippen molar-refractivity contribution >= 4 is 27.6 Å². The Kier molecular flexibility index (Phi) is 6.12. The van der Waals surface area contributed by atoms with E-state index in [1.165, 1.54) is 20.2 Å². The first kappa shape index (κ1) is 21.1. The largest absolute Gasteiger partial charge is 0.465 e. The van der Waals surface area contributed by atoms with Crippen LogP contribution in [0.1, 0.15) is 29.3 Å². The molecule has 8 heteroatoms. The van der Waals surface area contributed by atoms with Crippen LogP contribution < -0.4 is 9.21 Å². The van der Waals surface area contributed by atoms with Crippen LogP contribution in [0.2, 0.25) is 0 Å². The van der Waals surface area contributed by atoms with E-state index >= 15 is 0 Å². The second kappa shape index (κ2) is 8.41. The molecule has 1 aliphatic carbocycles. The van der Waals surface area contributed by atoms with Crippen molar-refractivity contribution in [2.45, 2.75) is 19.9 Å². The summed E-state index contributed by atoms with van der Waals surface area (Å²) in [5.74, 6) is 1.42. The monoisotopic (exact) mass is 417 g/mol. The Balaban J connectivity index is 2.03. The number of ether oxygens (including phenoxy) is 1. The zero-order chi connectivity index (χ0) is 21.2. The van der Waals surface area contributed by atoms with Crippen molar-refractivity contribution in [3.63, 3.8) is 0 Å². The van der Waals surface area contributed by atoms with E-state index in [4.69, 9.17) is 4.74 Å². The van der Waals surface area contributed by atoms with Crippen molar-refractivity contribution in [2.24, 2.45) is 11.8 Å². The van der Waals surface area contributed by atoms with Crippen LogP contribution in [0.4, 0.5) is 11.6 Å². The number of benzene rings is 1. The number of aromatic nitrogens is 1. The fraction of sp³-hybridized carbons (Fsp3) is 0.429. The number of carbonyl (C=O) groups is 1. The normalized spacial score (nSPS) is 18.2. The summed E-state index contributed by atoms with van der Waals surface area (Å²) >= 11 is 0. The minimum atomic E-state index is -3.53. The van der Waals surface area contributed by atoms with E-state index in [1.807, 2.05) is 30.3 Å². The van der Waals surface area contributed by atoms with Crippen molar-refractivity contribution in [1.82, 2.24) is 4.98 Å². The van der Waals surface area contributed by atoms with Crippen molar-refractivity contribution in [1.29, 1.82) is 0 Å². The number of nitrogens with zero attached hydrogens (tertiary/aromatic N) is 3. The summed E-state index contributed by atoms with van der Waals surface area (Å²) in [7, 11) is -0.800. The first-order chi connectivity index (χ1) is 13.7. The number of methoxy groups -OCH3 is 1. The summed E-state index contributed by atoms with van der Waals surface area (Å²) in [6, 6.07) is 13.1. The molecule has 1 aromatic carbocycles. The quantitative estimate of drug-likeness (QED) is 0.615. The maximum atomic E-state index is 12.2. The molecule has 0 saturated heterocycles. The summed E-state index contributed by atoms with van der Waals surface area (Å²) in [5, 5.41) is 0. The molecule has 0 spiro atoms. The molecule has 3 rings (SSSR count). The molecule has 29 heavy (non-hydrogen) atoms.